The summed E-state index contributed by atoms with van der Waals surface area (Å²) in [4.78, 5) is 27.0. The molecule has 1 amide bonds. The molecule has 106 valence electrons. The van der Waals surface area contributed by atoms with Crippen LogP contribution in [0.3, 0.4) is 0 Å². The minimum Gasteiger partial charge on any atom is -0.468 e. The molecule has 0 saturated carbocycles. The van der Waals surface area contributed by atoms with E-state index in [9.17, 15) is 9.59 Å². The van der Waals surface area contributed by atoms with Gasteiger partial charge in [-0.1, -0.05) is 34.5 Å². The number of amides is 1. The third-order valence-corrected chi connectivity index (χ3v) is 4.34. The molecule has 5 nitrogen and oxygen atoms in total. The minimum atomic E-state index is -0.467. The zero-order valence-electron chi connectivity index (χ0n) is 10.6. The summed E-state index contributed by atoms with van der Waals surface area (Å²) in [5.74, 6) is -0.830. The number of methoxy groups -OCH3 is 1. The summed E-state index contributed by atoms with van der Waals surface area (Å²) in [7, 11) is 1.29. The van der Waals surface area contributed by atoms with Crippen molar-refractivity contribution in [2.45, 2.75) is 13.5 Å². The van der Waals surface area contributed by atoms with Gasteiger partial charge in [0.25, 0.3) is 0 Å². The number of halogens is 2. The fraction of sp³-hybridized carbons (Fsp3) is 0.250. The first kappa shape index (κ1) is 15.0. The number of esters is 1. The predicted octanol–water partition coefficient (Wildman–Crippen LogP) is 2.63. The highest BCUT2D eigenvalue weighted by Gasteiger charge is 2.15. The molecule has 2 aromatic rings. The van der Waals surface area contributed by atoms with Gasteiger partial charge in [0.15, 0.2) is 4.80 Å². The largest absolute Gasteiger partial charge is 0.468 e. The number of thiazole rings is 1. The molecule has 1 aromatic carbocycles. The van der Waals surface area contributed by atoms with E-state index in [4.69, 9.17) is 23.2 Å². The van der Waals surface area contributed by atoms with Gasteiger partial charge in [0, 0.05) is 6.92 Å². The Kier molecular flexibility index (Phi) is 4.47. The minimum absolute atomic E-state index is 0.0946. The van der Waals surface area contributed by atoms with E-state index in [1.165, 1.54) is 29.9 Å². The van der Waals surface area contributed by atoms with Crippen LogP contribution in [0.2, 0.25) is 10.0 Å². The van der Waals surface area contributed by atoms with Crippen molar-refractivity contribution in [2.24, 2.45) is 4.99 Å². The molecule has 0 aliphatic heterocycles. The summed E-state index contributed by atoms with van der Waals surface area (Å²) in [6.45, 7) is 1.24. The SMILES string of the molecule is COC(=O)Cn1c(=NC(C)=O)sc2ccc(Cl)c(Cl)c21. The lowest BCUT2D eigenvalue weighted by molar-refractivity contribution is -0.141. The highest BCUT2D eigenvalue weighted by Crippen LogP contribution is 2.32. The average Bonchev–Trinajstić information content (AvgIpc) is 2.72. The van der Waals surface area contributed by atoms with Crippen LogP contribution in [0.15, 0.2) is 17.1 Å². The van der Waals surface area contributed by atoms with E-state index in [0.717, 1.165) is 4.70 Å². The van der Waals surface area contributed by atoms with Crippen LogP contribution < -0.4 is 4.80 Å². The van der Waals surface area contributed by atoms with Crippen molar-refractivity contribution >= 4 is 56.6 Å². The van der Waals surface area contributed by atoms with Crippen molar-refractivity contribution in [3.05, 3.63) is 27.0 Å². The maximum atomic E-state index is 11.5. The molecule has 0 atom stereocenters. The van der Waals surface area contributed by atoms with E-state index in [1.807, 2.05) is 0 Å². The van der Waals surface area contributed by atoms with Crippen LogP contribution in [0, 0.1) is 0 Å². The van der Waals surface area contributed by atoms with E-state index in [1.54, 1.807) is 12.1 Å². The summed E-state index contributed by atoms with van der Waals surface area (Å²) in [5, 5.41) is 0.680. The normalized spacial score (nSPS) is 11.9. The molecule has 0 bridgehead atoms. The number of benzene rings is 1. The number of fused-ring (bicyclic) bond motifs is 1. The van der Waals surface area contributed by atoms with Gasteiger partial charge in [-0.05, 0) is 12.1 Å². The van der Waals surface area contributed by atoms with Crippen molar-refractivity contribution in [2.75, 3.05) is 7.11 Å². The molecule has 8 heteroatoms. The average molecular weight is 333 g/mol. The molecule has 0 spiro atoms. The molecule has 20 heavy (non-hydrogen) atoms. The number of hydrogen-bond acceptors (Lipinski definition) is 4. The maximum Gasteiger partial charge on any atom is 0.325 e. The first-order valence-corrected chi connectivity index (χ1v) is 7.10. The van der Waals surface area contributed by atoms with Gasteiger partial charge in [0.05, 0.1) is 27.4 Å². The van der Waals surface area contributed by atoms with Gasteiger partial charge in [-0.25, -0.2) is 0 Å². The number of hydrogen-bond donors (Lipinski definition) is 0. The molecular weight excluding hydrogens is 323 g/mol. The second kappa shape index (κ2) is 5.95. The number of carbonyl (C=O) groups excluding carboxylic acids is 2. The Morgan fingerprint density at radius 3 is 2.70 bits per heavy atom. The monoisotopic (exact) mass is 332 g/mol. The molecule has 0 aliphatic rings. The number of carbonyl (C=O) groups is 2. The third kappa shape index (κ3) is 2.87. The first-order valence-electron chi connectivity index (χ1n) is 5.53. The van der Waals surface area contributed by atoms with Crippen LogP contribution in [0.25, 0.3) is 10.2 Å². The molecule has 0 radical (unpaired) electrons. The quantitative estimate of drug-likeness (QED) is 0.794. The van der Waals surface area contributed by atoms with Crippen LogP contribution in [0.1, 0.15) is 6.92 Å². The lowest BCUT2D eigenvalue weighted by Crippen LogP contribution is -2.22. The smallest absolute Gasteiger partial charge is 0.325 e. The first-order chi connectivity index (χ1) is 9.43. The fourth-order valence-electron chi connectivity index (χ4n) is 1.66. The molecule has 1 heterocycles. The lowest BCUT2D eigenvalue weighted by Gasteiger charge is -2.05. The summed E-state index contributed by atoms with van der Waals surface area (Å²) >= 11 is 13.4. The van der Waals surface area contributed by atoms with Gasteiger partial charge in [-0.3, -0.25) is 9.59 Å². The zero-order chi connectivity index (χ0) is 14.9. The Balaban J connectivity index is 2.80. The summed E-state index contributed by atoms with van der Waals surface area (Å²) < 4.78 is 6.95. The van der Waals surface area contributed by atoms with Crippen LogP contribution >= 0.6 is 34.5 Å². The van der Waals surface area contributed by atoms with Crippen molar-refractivity contribution in [1.82, 2.24) is 4.57 Å². The molecule has 2 rings (SSSR count). The third-order valence-electron chi connectivity index (χ3n) is 2.50. The standard InChI is InChI=1S/C12H10Cl2N2O3S/c1-6(17)15-12-16(5-9(18)19-2)11-8(20-12)4-3-7(13)10(11)14/h3-4H,5H2,1-2H3. The van der Waals surface area contributed by atoms with E-state index >= 15 is 0 Å². The molecule has 1 aromatic heterocycles. The lowest BCUT2D eigenvalue weighted by atomic mass is 10.3. The molecular formula is C12H10Cl2N2O3S. The zero-order valence-corrected chi connectivity index (χ0v) is 13.0. The van der Waals surface area contributed by atoms with Crippen LogP contribution in [0.5, 0.6) is 0 Å². The second-order valence-electron chi connectivity index (χ2n) is 3.89. The van der Waals surface area contributed by atoms with Gasteiger partial charge in [0.2, 0.25) is 5.91 Å². The number of aromatic nitrogens is 1. The van der Waals surface area contributed by atoms with E-state index in [2.05, 4.69) is 9.73 Å². The summed E-state index contributed by atoms with van der Waals surface area (Å²) in [6.07, 6.45) is 0. The highest BCUT2D eigenvalue weighted by molar-refractivity contribution is 7.16. The van der Waals surface area contributed by atoms with Crippen LogP contribution in [-0.2, 0) is 20.9 Å². The van der Waals surface area contributed by atoms with Crippen molar-refractivity contribution in [1.29, 1.82) is 0 Å². The second-order valence-corrected chi connectivity index (χ2v) is 5.68. The Morgan fingerprint density at radius 2 is 2.10 bits per heavy atom. The van der Waals surface area contributed by atoms with Gasteiger partial charge < -0.3 is 9.30 Å². The molecule has 0 aliphatic carbocycles. The highest BCUT2D eigenvalue weighted by atomic mass is 35.5. The van der Waals surface area contributed by atoms with Gasteiger partial charge >= 0.3 is 5.97 Å². The Hall–Kier alpha value is -1.37. The topological polar surface area (TPSA) is 60.7 Å². The van der Waals surface area contributed by atoms with Crippen molar-refractivity contribution in [3.63, 3.8) is 0 Å². The summed E-state index contributed by atoms with van der Waals surface area (Å²) in [5.41, 5.74) is 0.564. The van der Waals surface area contributed by atoms with E-state index in [-0.39, 0.29) is 12.5 Å². The van der Waals surface area contributed by atoms with Crippen molar-refractivity contribution in [3.8, 4) is 0 Å². The van der Waals surface area contributed by atoms with E-state index in [0.29, 0.717) is 20.4 Å². The fourth-order valence-corrected chi connectivity index (χ4v) is 3.22. The molecule has 0 N–H and O–H groups in total. The Labute approximate surface area is 128 Å². The summed E-state index contributed by atoms with van der Waals surface area (Å²) in [6, 6.07) is 3.42. The maximum absolute atomic E-state index is 11.5. The number of nitrogens with zero attached hydrogens (tertiary/aromatic N) is 2. The number of ether oxygens (including phenoxy) is 1. The van der Waals surface area contributed by atoms with Gasteiger partial charge in [-0.2, -0.15) is 4.99 Å². The number of rotatable bonds is 2. The van der Waals surface area contributed by atoms with Gasteiger partial charge in [0.1, 0.15) is 6.54 Å². The predicted molar refractivity (Wildman–Crippen MR) is 78.1 cm³/mol. The molecule has 0 saturated heterocycles. The Bertz CT molecular complexity index is 764. The van der Waals surface area contributed by atoms with Crippen LogP contribution in [-0.4, -0.2) is 23.6 Å². The van der Waals surface area contributed by atoms with Gasteiger partial charge in [-0.15, -0.1) is 0 Å². The Morgan fingerprint density at radius 1 is 1.40 bits per heavy atom. The molecule has 0 fully saturated rings. The van der Waals surface area contributed by atoms with Crippen LogP contribution in [0.4, 0.5) is 0 Å². The van der Waals surface area contributed by atoms with Crippen molar-refractivity contribution < 1.29 is 14.3 Å². The van der Waals surface area contributed by atoms with E-state index < -0.39 is 5.97 Å². The molecule has 0 unspecified atom stereocenters.